The summed E-state index contributed by atoms with van der Waals surface area (Å²) in [7, 11) is 0. The average molecular weight is 265 g/mol. The highest BCUT2D eigenvalue weighted by Crippen LogP contribution is 2.12. The van der Waals surface area contributed by atoms with Crippen LogP contribution in [0.4, 0.5) is 0 Å². The van der Waals surface area contributed by atoms with Crippen molar-refractivity contribution >= 4 is 11.9 Å². The van der Waals surface area contributed by atoms with Gasteiger partial charge in [0.05, 0.1) is 13.2 Å². The van der Waals surface area contributed by atoms with Crippen LogP contribution in [0.5, 0.6) is 0 Å². The highest BCUT2D eigenvalue weighted by atomic mass is 16.6. The average Bonchev–Trinajstić information content (AvgIpc) is 2.36. The summed E-state index contributed by atoms with van der Waals surface area (Å²) in [6.07, 6.45) is 0.194. The van der Waals surface area contributed by atoms with Gasteiger partial charge in [0.25, 0.3) is 0 Å². The fourth-order valence-electron chi connectivity index (χ4n) is 1.67. The smallest absolute Gasteiger partial charge is 0.320 e. The van der Waals surface area contributed by atoms with Crippen molar-refractivity contribution in [3.8, 4) is 0 Å². The molecule has 0 saturated carbocycles. The van der Waals surface area contributed by atoms with Gasteiger partial charge in [-0.05, 0) is 32.9 Å². The van der Waals surface area contributed by atoms with E-state index in [-0.39, 0.29) is 19.6 Å². The molecule has 0 saturated heterocycles. The van der Waals surface area contributed by atoms with E-state index in [0.29, 0.717) is 5.69 Å². The number of pyridine rings is 1. The highest BCUT2D eigenvalue weighted by Gasteiger charge is 2.30. The number of hydrogen-bond donors (Lipinski definition) is 0. The summed E-state index contributed by atoms with van der Waals surface area (Å²) in [6.45, 7) is 5.72. The molecule has 5 nitrogen and oxygen atoms in total. The summed E-state index contributed by atoms with van der Waals surface area (Å²) < 4.78 is 9.81. The summed E-state index contributed by atoms with van der Waals surface area (Å²) in [4.78, 5) is 27.9. The van der Waals surface area contributed by atoms with Gasteiger partial charge < -0.3 is 9.47 Å². The van der Waals surface area contributed by atoms with Gasteiger partial charge in [-0.2, -0.15) is 0 Å². The van der Waals surface area contributed by atoms with Crippen molar-refractivity contribution in [2.24, 2.45) is 5.92 Å². The molecule has 0 radical (unpaired) electrons. The van der Waals surface area contributed by atoms with Gasteiger partial charge in [-0.25, -0.2) is 0 Å². The lowest BCUT2D eigenvalue weighted by atomic mass is 10.0. The predicted molar refractivity (Wildman–Crippen MR) is 69.4 cm³/mol. The van der Waals surface area contributed by atoms with E-state index in [4.69, 9.17) is 9.47 Å². The van der Waals surface area contributed by atoms with Crippen LogP contribution in [0.2, 0.25) is 0 Å². The molecule has 5 heteroatoms. The number of carbonyl (C=O) groups excluding carboxylic acids is 2. The Kier molecular flexibility index (Phi) is 5.99. The third-order valence-corrected chi connectivity index (χ3v) is 2.50. The summed E-state index contributed by atoms with van der Waals surface area (Å²) in [6, 6.07) is 5.47. The van der Waals surface area contributed by atoms with Crippen LogP contribution in [0.15, 0.2) is 18.2 Å². The third-order valence-electron chi connectivity index (χ3n) is 2.50. The zero-order chi connectivity index (χ0) is 14.3. The third kappa shape index (κ3) is 4.69. The molecule has 0 aliphatic rings. The fourth-order valence-corrected chi connectivity index (χ4v) is 1.67. The quantitative estimate of drug-likeness (QED) is 0.578. The van der Waals surface area contributed by atoms with Gasteiger partial charge >= 0.3 is 11.9 Å². The number of aryl methyl sites for hydroxylation is 1. The lowest BCUT2D eigenvalue weighted by Crippen LogP contribution is -2.30. The Bertz CT molecular complexity index is 427. The van der Waals surface area contributed by atoms with Crippen molar-refractivity contribution in [1.82, 2.24) is 4.98 Å². The summed E-state index contributed by atoms with van der Waals surface area (Å²) >= 11 is 0. The second kappa shape index (κ2) is 7.51. The van der Waals surface area contributed by atoms with Gasteiger partial charge in [0, 0.05) is 17.8 Å². The minimum atomic E-state index is -0.950. The number of esters is 2. The SMILES string of the molecule is CCOC(=O)C(Cc1cccc(C)n1)C(=O)OCC. The van der Waals surface area contributed by atoms with E-state index in [1.807, 2.05) is 19.1 Å². The van der Waals surface area contributed by atoms with Gasteiger partial charge in [0.1, 0.15) is 0 Å². The lowest BCUT2D eigenvalue weighted by Gasteiger charge is -2.14. The maximum absolute atomic E-state index is 11.8. The molecule has 1 aromatic heterocycles. The van der Waals surface area contributed by atoms with E-state index in [0.717, 1.165) is 5.69 Å². The van der Waals surface area contributed by atoms with E-state index < -0.39 is 17.9 Å². The molecule has 0 unspecified atom stereocenters. The molecule has 1 heterocycles. The van der Waals surface area contributed by atoms with Crippen molar-refractivity contribution in [3.05, 3.63) is 29.6 Å². The van der Waals surface area contributed by atoms with E-state index in [2.05, 4.69) is 4.98 Å². The highest BCUT2D eigenvalue weighted by molar-refractivity contribution is 5.95. The molecule has 0 aliphatic heterocycles. The Morgan fingerprint density at radius 1 is 1.16 bits per heavy atom. The van der Waals surface area contributed by atoms with E-state index in [1.54, 1.807) is 19.9 Å². The van der Waals surface area contributed by atoms with Crippen LogP contribution in [-0.2, 0) is 25.5 Å². The van der Waals surface area contributed by atoms with Gasteiger partial charge in [-0.15, -0.1) is 0 Å². The summed E-state index contributed by atoms with van der Waals surface area (Å²) in [5.41, 5.74) is 1.51. The number of aromatic nitrogens is 1. The summed E-state index contributed by atoms with van der Waals surface area (Å²) in [5, 5.41) is 0. The number of rotatable bonds is 6. The Balaban J connectivity index is 2.84. The number of carbonyl (C=O) groups is 2. The molecular weight excluding hydrogens is 246 g/mol. The first-order chi connectivity index (χ1) is 9.08. The van der Waals surface area contributed by atoms with Crippen LogP contribution < -0.4 is 0 Å². The monoisotopic (exact) mass is 265 g/mol. The van der Waals surface area contributed by atoms with Crippen molar-refractivity contribution in [2.45, 2.75) is 27.2 Å². The zero-order valence-corrected chi connectivity index (χ0v) is 11.5. The van der Waals surface area contributed by atoms with Crippen LogP contribution in [0.1, 0.15) is 25.2 Å². The van der Waals surface area contributed by atoms with Crippen molar-refractivity contribution < 1.29 is 19.1 Å². The Morgan fingerprint density at radius 2 is 1.74 bits per heavy atom. The standard InChI is InChI=1S/C14H19NO4/c1-4-18-13(16)12(14(17)19-5-2)9-11-8-6-7-10(3)15-11/h6-8,12H,4-5,9H2,1-3H3. The Hall–Kier alpha value is -1.91. The van der Waals surface area contributed by atoms with Crippen LogP contribution >= 0.6 is 0 Å². The Morgan fingerprint density at radius 3 is 2.21 bits per heavy atom. The van der Waals surface area contributed by atoms with Crippen LogP contribution in [0.3, 0.4) is 0 Å². The maximum atomic E-state index is 11.8. The van der Waals surface area contributed by atoms with Gasteiger partial charge in [0.15, 0.2) is 5.92 Å². The second-order valence-electron chi connectivity index (χ2n) is 4.03. The normalized spacial score (nSPS) is 10.3. The van der Waals surface area contributed by atoms with Gasteiger partial charge in [-0.1, -0.05) is 6.07 Å². The first-order valence-corrected chi connectivity index (χ1v) is 6.34. The molecule has 0 bridgehead atoms. The zero-order valence-electron chi connectivity index (χ0n) is 11.5. The van der Waals surface area contributed by atoms with Crippen LogP contribution in [0.25, 0.3) is 0 Å². The van der Waals surface area contributed by atoms with Gasteiger partial charge in [-0.3, -0.25) is 14.6 Å². The molecule has 1 aromatic rings. The fraction of sp³-hybridized carbons (Fsp3) is 0.500. The largest absolute Gasteiger partial charge is 0.465 e. The van der Waals surface area contributed by atoms with E-state index >= 15 is 0 Å². The van der Waals surface area contributed by atoms with Crippen LogP contribution in [-0.4, -0.2) is 30.1 Å². The number of hydrogen-bond acceptors (Lipinski definition) is 5. The van der Waals surface area contributed by atoms with E-state index in [9.17, 15) is 9.59 Å². The molecule has 0 atom stereocenters. The Labute approximate surface area is 112 Å². The number of ether oxygens (including phenoxy) is 2. The first kappa shape index (κ1) is 15.1. The van der Waals surface area contributed by atoms with Gasteiger partial charge in [0.2, 0.25) is 0 Å². The molecule has 19 heavy (non-hydrogen) atoms. The van der Waals surface area contributed by atoms with E-state index in [1.165, 1.54) is 0 Å². The molecule has 0 amide bonds. The van der Waals surface area contributed by atoms with Crippen LogP contribution in [0, 0.1) is 12.8 Å². The molecule has 0 N–H and O–H groups in total. The minimum absolute atomic E-state index is 0.194. The molecule has 0 fully saturated rings. The molecule has 104 valence electrons. The molecule has 0 aliphatic carbocycles. The maximum Gasteiger partial charge on any atom is 0.320 e. The van der Waals surface area contributed by atoms with Crippen molar-refractivity contribution in [1.29, 1.82) is 0 Å². The molecule has 1 rings (SSSR count). The van der Waals surface area contributed by atoms with Crippen molar-refractivity contribution in [3.63, 3.8) is 0 Å². The predicted octanol–water partition coefficient (Wildman–Crippen LogP) is 1.67. The summed E-state index contributed by atoms with van der Waals surface area (Å²) in [5.74, 6) is -2.08. The minimum Gasteiger partial charge on any atom is -0.465 e. The number of nitrogens with zero attached hydrogens (tertiary/aromatic N) is 1. The second-order valence-corrected chi connectivity index (χ2v) is 4.03. The molecule has 0 aromatic carbocycles. The first-order valence-electron chi connectivity index (χ1n) is 6.34. The topological polar surface area (TPSA) is 65.5 Å². The molecular formula is C14H19NO4. The van der Waals surface area contributed by atoms with Crippen molar-refractivity contribution in [2.75, 3.05) is 13.2 Å². The lowest BCUT2D eigenvalue weighted by molar-refractivity contribution is -0.161. The molecule has 0 spiro atoms.